The molecule has 2 saturated heterocycles. The van der Waals surface area contributed by atoms with E-state index in [9.17, 15) is 32.3 Å². The molecule has 12 nitrogen and oxygen atoms in total. The van der Waals surface area contributed by atoms with Gasteiger partial charge >= 0.3 is 24.1 Å². The molecule has 2 heterocycles. The van der Waals surface area contributed by atoms with Crippen molar-refractivity contribution >= 4 is 35.5 Å². The fourth-order valence-corrected chi connectivity index (χ4v) is 6.06. The highest BCUT2D eigenvalue weighted by atomic mass is 19.4. The summed E-state index contributed by atoms with van der Waals surface area (Å²) in [5.41, 5.74) is 0.671. The number of benzene rings is 3. The Morgan fingerprint density at radius 2 is 1.47 bits per heavy atom. The summed E-state index contributed by atoms with van der Waals surface area (Å²) in [6.07, 6.45) is -4.95. The van der Waals surface area contributed by atoms with Crippen molar-refractivity contribution < 1.29 is 51.7 Å². The molecule has 5 rings (SSSR count). The number of ether oxygens (including phenoxy) is 2. The summed E-state index contributed by atoms with van der Waals surface area (Å²) in [6.45, 7) is 0.156. The van der Waals surface area contributed by atoms with Gasteiger partial charge in [0.2, 0.25) is 11.8 Å². The number of halogens is 3. The topological polar surface area (TPSA) is 155 Å². The number of nitrogens with zero attached hydrogens (tertiary/aromatic N) is 2. The number of aliphatic carboxylic acids is 1. The minimum Gasteiger partial charge on any atom is -0.497 e. The van der Waals surface area contributed by atoms with E-state index >= 15 is 0 Å². The van der Waals surface area contributed by atoms with E-state index in [4.69, 9.17) is 19.4 Å². The Morgan fingerprint density at radius 1 is 0.918 bits per heavy atom. The molecule has 49 heavy (non-hydrogen) atoms. The van der Waals surface area contributed by atoms with E-state index in [-0.39, 0.29) is 25.4 Å². The summed E-state index contributed by atoms with van der Waals surface area (Å²) in [7, 11) is 4.44. The highest BCUT2D eigenvalue weighted by Gasteiger charge is 2.68. The number of carbonyl (C=O) groups excluding carboxylic acids is 4. The molecular formula is C34H35F3N4O8. The smallest absolute Gasteiger partial charge is 0.490 e. The molecule has 0 aliphatic carbocycles. The molecule has 2 fully saturated rings. The van der Waals surface area contributed by atoms with Gasteiger partial charge in [0, 0.05) is 31.7 Å². The fraction of sp³-hybridized carbons (Fsp3) is 0.324. The Balaban J connectivity index is 0.000000698. The molecule has 0 unspecified atom stereocenters. The van der Waals surface area contributed by atoms with Gasteiger partial charge in [-0.25, -0.2) is 9.59 Å². The Hall–Kier alpha value is -5.44. The quantitative estimate of drug-likeness (QED) is 0.226. The second-order valence-corrected chi connectivity index (χ2v) is 11.5. The molecule has 260 valence electrons. The first-order chi connectivity index (χ1) is 23.2. The number of anilines is 1. The molecule has 0 saturated carbocycles. The zero-order valence-electron chi connectivity index (χ0n) is 26.8. The van der Waals surface area contributed by atoms with Gasteiger partial charge in [-0.1, -0.05) is 60.7 Å². The maximum atomic E-state index is 14.0. The third-order valence-electron chi connectivity index (χ3n) is 8.31. The second kappa shape index (κ2) is 15.2. The number of carboxylic acid groups (broad SMARTS) is 1. The maximum absolute atomic E-state index is 14.0. The zero-order chi connectivity index (χ0) is 35.9. The van der Waals surface area contributed by atoms with E-state index in [1.54, 1.807) is 38.4 Å². The van der Waals surface area contributed by atoms with Crippen molar-refractivity contribution in [3.8, 4) is 5.75 Å². The van der Waals surface area contributed by atoms with E-state index in [1.165, 1.54) is 16.9 Å². The van der Waals surface area contributed by atoms with Gasteiger partial charge in [-0.2, -0.15) is 13.2 Å². The molecule has 0 spiro atoms. The number of rotatable bonds is 9. The zero-order valence-corrected chi connectivity index (χ0v) is 26.8. The van der Waals surface area contributed by atoms with E-state index in [2.05, 4.69) is 10.6 Å². The monoisotopic (exact) mass is 684 g/mol. The van der Waals surface area contributed by atoms with Crippen LogP contribution in [0.15, 0.2) is 84.9 Å². The number of likely N-dealkylation sites (tertiary alicyclic amines) is 1. The standard InChI is InChI=1S/C32H34N4O6.C2HF3O2/c1-35(31(40)33-23-14-16-24(41-2)17-15-23)20-25-26-27(29(38)36(28(26)37)19-22-12-8-5-9-13-22)32(34-25,30(39)42-3)18-21-10-6-4-7-11-21;3-2(4,5)1(6)7/h4-17,25-27,34H,18-20H2,1-3H3,(H,33,40);(H,6,7)/t25-,26+,27-,32-;/m1./s1. The SMILES string of the molecule is COC(=O)[C@]1(Cc2ccccc2)N[C@H](CN(C)C(=O)Nc2ccc(OC)cc2)[C@@H]2C(=O)N(Cc3ccccc3)C(=O)[C@@H]21.O=C(O)C(F)(F)F. The molecule has 3 N–H and O–H groups in total. The number of carbonyl (C=O) groups is 5. The van der Waals surface area contributed by atoms with Crippen LogP contribution in [-0.4, -0.2) is 90.3 Å². The Kier molecular flexibility index (Phi) is 11.3. The van der Waals surface area contributed by atoms with E-state index in [0.29, 0.717) is 11.4 Å². The fourth-order valence-electron chi connectivity index (χ4n) is 6.06. The van der Waals surface area contributed by atoms with Gasteiger partial charge in [0.1, 0.15) is 11.3 Å². The van der Waals surface area contributed by atoms with Crippen LogP contribution in [0.5, 0.6) is 5.75 Å². The van der Waals surface area contributed by atoms with Crippen LogP contribution in [0.3, 0.4) is 0 Å². The molecule has 4 atom stereocenters. The maximum Gasteiger partial charge on any atom is 0.490 e. The van der Waals surface area contributed by atoms with Crippen LogP contribution in [0.2, 0.25) is 0 Å². The number of likely N-dealkylation sites (N-methyl/N-ethyl adjacent to an activating group) is 1. The Bertz CT molecular complexity index is 1660. The van der Waals surface area contributed by atoms with Crippen molar-refractivity contribution in [3.05, 3.63) is 96.1 Å². The number of carboxylic acids is 1. The van der Waals surface area contributed by atoms with Gasteiger partial charge in [-0.15, -0.1) is 0 Å². The van der Waals surface area contributed by atoms with Gasteiger partial charge in [0.15, 0.2) is 0 Å². The normalized spacial score (nSPS) is 21.3. The number of esters is 1. The number of hydrogen-bond donors (Lipinski definition) is 3. The van der Waals surface area contributed by atoms with Crippen molar-refractivity contribution in [1.29, 1.82) is 0 Å². The average Bonchev–Trinajstić information content (AvgIpc) is 3.53. The molecule has 0 bridgehead atoms. The van der Waals surface area contributed by atoms with E-state index in [0.717, 1.165) is 11.1 Å². The third kappa shape index (κ3) is 8.17. The van der Waals surface area contributed by atoms with Crippen molar-refractivity contribution in [2.24, 2.45) is 11.8 Å². The molecule has 2 aliphatic heterocycles. The summed E-state index contributed by atoms with van der Waals surface area (Å²) >= 11 is 0. The summed E-state index contributed by atoms with van der Waals surface area (Å²) in [4.78, 5) is 66.3. The van der Waals surface area contributed by atoms with Crippen LogP contribution in [-0.2, 0) is 36.9 Å². The predicted octanol–water partition coefficient (Wildman–Crippen LogP) is 3.72. The lowest BCUT2D eigenvalue weighted by molar-refractivity contribution is -0.192. The number of urea groups is 1. The predicted molar refractivity (Wildman–Crippen MR) is 169 cm³/mol. The third-order valence-corrected chi connectivity index (χ3v) is 8.31. The van der Waals surface area contributed by atoms with Crippen LogP contribution < -0.4 is 15.4 Å². The number of fused-ring (bicyclic) bond motifs is 1. The molecule has 3 aromatic rings. The molecule has 15 heteroatoms. The molecule has 3 aromatic carbocycles. The Labute approximate surface area is 279 Å². The van der Waals surface area contributed by atoms with Crippen LogP contribution >= 0.6 is 0 Å². The van der Waals surface area contributed by atoms with Crippen molar-refractivity contribution in [2.45, 2.75) is 30.7 Å². The van der Waals surface area contributed by atoms with Crippen LogP contribution in [0, 0.1) is 11.8 Å². The van der Waals surface area contributed by atoms with Crippen LogP contribution in [0.4, 0.5) is 23.7 Å². The number of alkyl halides is 3. The van der Waals surface area contributed by atoms with E-state index in [1.807, 2.05) is 60.7 Å². The average molecular weight is 685 g/mol. The van der Waals surface area contributed by atoms with Gasteiger partial charge in [0.05, 0.1) is 32.6 Å². The number of amides is 4. The van der Waals surface area contributed by atoms with Gasteiger partial charge in [0.25, 0.3) is 0 Å². The largest absolute Gasteiger partial charge is 0.497 e. The van der Waals surface area contributed by atoms with E-state index < -0.39 is 53.5 Å². The summed E-state index contributed by atoms with van der Waals surface area (Å²) < 4.78 is 42.2. The molecule has 0 aromatic heterocycles. The van der Waals surface area contributed by atoms with Crippen molar-refractivity contribution in [1.82, 2.24) is 15.1 Å². The molecule has 2 aliphatic rings. The highest BCUT2D eigenvalue weighted by molar-refractivity contribution is 6.09. The Morgan fingerprint density at radius 3 is 1.98 bits per heavy atom. The molecule has 0 radical (unpaired) electrons. The van der Waals surface area contributed by atoms with Crippen LogP contribution in [0.1, 0.15) is 11.1 Å². The lowest BCUT2D eigenvalue weighted by Gasteiger charge is -2.33. The first kappa shape index (κ1) is 36.4. The van der Waals surface area contributed by atoms with Crippen LogP contribution in [0.25, 0.3) is 0 Å². The lowest BCUT2D eigenvalue weighted by atomic mass is 9.76. The number of methoxy groups -OCH3 is 2. The minimum absolute atomic E-state index is 0.0644. The highest BCUT2D eigenvalue weighted by Crippen LogP contribution is 2.45. The number of nitrogens with one attached hydrogen (secondary N) is 2. The molecular weight excluding hydrogens is 649 g/mol. The van der Waals surface area contributed by atoms with Gasteiger partial charge in [-0.05, 0) is 35.4 Å². The summed E-state index contributed by atoms with van der Waals surface area (Å²) in [5.74, 6) is -5.43. The second-order valence-electron chi connectivity index (χ2n) is 11.5. The molecule has 4 amide bonds. The van der Waals surface area contributed by atoms with Crippen molar-refractivity contribution in [3.63, 3.8) is 0 Å². The summed E-state index contributed by atoms with van der Waals surface area (Å²) in [6, 6.07) is 24.4. The lowest BCUT2D eigenvalue weighted by Crippen LogP contribution is -2.59. The number of imide groups is 1. The van der Waals surface area contributed by atoms with Gasteiger partial charge < -0.3 is 24.8 Å². The number of hydrogen-bond acceptors (Lipinski definition) is 8. The van der Waals surface area contributed by atoms with Crippen molar-refractivity contribution in [2.75, 3.05) is 33.1 Å². The first-order valence-electron chi connectivity index (χ1n) is 15.0. The first-order valence-corrected chi connectivity index (χ1v) is 15.0. The minimum atomic E-state index is -5.08. The van der Waals surface area contributed by atoms with Gasteiger partial charge in [-0.3, -0.25) is 24.6 Å². The summed E-state index contributed by atoms with van der Waals surface area (Å²) in [5, 5.41) is 13.3.